The zero-order valence-corrected chi connectivity index (χ0v) is 11.6. The van der Waals surface area contributed by atoms with E-state index in [0.29, 0.717) is 18.3 Å². The second-order valence-corrected chi connectivity index (χ2v) is 5.96. The van der Waals surface area contributed by atoms with Crippen molar-refractivity contribution in [1.29, 1.82) is 0 Å². The van der Waals surface area contributed by atoms with E-state index in [0.717, 1.165) is 48.5 Å². The summed E-state index contributed by atoms with van der Waals surface area (Å²) in [6.07, 6.45) is 2.10. The largest absolute Gasteiger partial charge is 0.396 e. The Hall–Kier alpha value is -1.24. The highest BCUT2D eigenvalue weighted by molar-refractivity contribution is 7.16. The molecule has 3 heterocycles. The fourth-order valence-electron chi connectivity index (χ4n) is 2.52. The number of nitrogen functional groups attached to an aromatic ring is 1. The summed E-state index contributed by atoms with van der Waals surface area (Å²) >= 11 is 1.60. The van der Waals surface area contributed by atoms with Gasteiger partial charge in [0.25, 0.3) is 0 Å². The van der Waals surface area contributed by atoms with Gasteiger partial charge in [-0.25, -0.2) is 9.97 Å². The molecule has 19 heavy (non-hydrogen) atoms. The van der Waals surface area contributed by atoms with Crippen molar-refractivity contribution in [2.45, 2.75) is 19.4 Å². The van der Waals surface area contributed by atoms with E-state index in [1.54, 1.807) is 11.3 Å². The predicted molar refractivity (Wildman–Crippen MR) is 76.9 cm³/mol. The quantitative estimate of drug-likeness (QED) is 0.889. The minimum Gasteiger partial charge on any atom is -0.396 e. The summed E-state index contributed by atoms with van der Waals surface area (Å²) in [4.78, 5) is 12.3. The van der Waals surface area contributed by atoms with Crippen LogP contribution in [-0.4, -0.2) is 39.7 Å². The molecule has 102 valence electrons. The first-order valence-electron chi connectivity index (χ1n) is 6.59. The van der Waals surface area contributed by atoms with Gasteiger partial charge in [-0.2, -0.15) is 0 Å². The number of hydrogen-bond acceptors (Lipinski definition) is 6. The van der Waals surface area contributed by atoms with Crippen LogP contribution in [0.2, 0.25) is 0 Å². The summed E-state index contributed by atoms with van der Waals surface area (Å²) in [6, 6.07) is 1.96. The van der Waals surface area contributed by atoms with E-state index >= 15 is 0 Å². The van der Waals surface area contributed by atoms with Crippen LogP contribution in [0.3, 0.4) is 0 Å². The van der Waals surface area contributed by atoms with Gasteiger partial charge in [-0.15, -0.1) is 11.3 Å². The molecule has 3 rings (SSSR count). The molecule has 0 amide bonds. The average Bonchev–Trinajstić information content (AvgIpc) is 2.88. The van der Waals surface area contributed by atoms with Crippen LogP contribution in [0.4, 0.5) is 5.82 Å². The molecule has 2 aromatic heterocycles. The van der Waals surface area contributed by atoms with E-state index in [1.807, 2.05) is 11.4 Å². The first-order chi connectivity index (χ1) is 9.26. The van der Waals surface area contributed by atoms with Crippen molar-refractivity contribution < 1.29 is 5.11 Å². The third-order valence-corrected chi connectivity index (χ3v) is 4.54. The van der Waals surface area contributed by atoms with Crippen LogP contribution >= 0.6 is 11.3 Å². The van der Waals surface area contributed by atoms with E-state index < -0.39 is 0 Å². The molecule has 0 bridgehead atoms. The van der Waals surface area contributed by atoms with Crippen LogP contribution in [0, 0.1) is 5.92 Å². The Bertz CT molecular complexity index is 563. The third kappa shape index (κ3) is 2.70. The maximum atomic E-state index is 9.14. The van der Waals surface area contributed by atoms with E-state index in [9.17, 15) is 0 Å². The fourth-order valence-corrected chi connectivity index (χ4v) is 3.31. The molecule has 0 saturated carbocycles. The summed E-state index contributed by atoms with van der Waals surface area (Å²) in [7, 11) is 0. The van der Waals surface area contributed by atoms with Crippen molar-refractivity contribution in [3.05, 3.63) is 17.3 Å². The van der Waals surface area contributed by atoms with Crippen molar-refractivity contribution in [3.8, 4) is 0 Å². The van der Waals surface area contributed by atoms with Crippen molar-refractivity contribution in [2.75, 3.05) is 25.4 Å². The molecule has 1 aliphatic rings. The van der Waals surface area contributed by atoms with Crippen LogP contribution in [0.25, 0.3) is 10.2 Å². The van der Waals surface area contributed by atoms with Gasteiger partial charge in [-0.05, 0) is 43.3 Å². The molecule has 2 aromatic rings. The van der Waals surface area contributed by atoms with E-state index in [-0.39, 0.29) is 0 Å². The van der Waals surface area contributed by atoms with Crippen LogP contribution in [0.15, 0.2) is 11.4 Å². The summed E-state index contributed by atoms with van der Waals surface area (Å²) in [5.41, 5.74) is 5.95. The molecule has 0 atom stereocenters. The van der Waals surface area contributed by atoms with Gasteiger partial charge in [0.05, 0.1) is 11.9 Å². The summed E-state index contributed by atoms with van der Waals surface area (Å²) in [5.74, 6) is 1.84. The number of aliphatic hydroxyl groups excluding tert-OH is 1. The maximum Gasteiger partial charge on any atom is 0.146 e. The van der Waals surface area contributed by atoms with E-state index in [1.165, 1.54) is 0 Å². The monoisotopic (exact) mass is 278 g/mol. The number of likely N-dealkylation sites (tertiary alicyclic amines) is 1. The van der Waals surface area contributed by atoms with Gasteiger partial charge in [0.1, 0.15) is 16.5 Å². The highest BCUT2D eigenvalue weighted by Gasteiger charge is 2.19. The number of rotatable bonds is 3. The van der Waals surface area contributed by atoms with Crippen LogP contribution in [0.5, 0.6) is 0 Å². The molecule has 1 aliphatic heterocycles. The second-order valence-electron chi connectivity index (χ2n) is 5.07. The zero-order chi connectivity index (χ0) is 13.2. The zero-order valence-electron chi connectivity index (χ0n) is 10.7. The Morgan fingerprint density at radius 1 is 1.37 bits per heavy atom. The maximum absolute atomic E-state index is 9.14. The van der Waals surface area contributed by atoms with Gasteiger partial charge >= 0.3 is 0 Å². The van der Waals surface area contributed by atoms with Crippen LogP contribution < -0.4 is 5.73 Å². The number of fused-ring (bicyclic) bond motifs is 1. The Balaban J connectivity index is 1.71. The van der Waals surface area contributed by atoms with Crippen molar-refractivity contribution in [2.24, 2.45) is 5.92 Å². The van der Waals surface area contributed by atoms with Gasteiger partial charge in [0.2, 0.25) is 0 Å². The van der Waals surface area contributed by atoms with Gasteiger partial charge in [-0.3, -0.25) is 4.90 Å². The lowest BCUT2D eigenvalue weighted by atomic mass is 9.98. The third-order valence-electron chi connectivity index (χ3n) is 3.73. The molecule has 5 nitrogen and oxygen atoms in total. The highest BCUT2D eigenvalue weighted by Crippen LogP contribution is 2.24. The van der Waals surface area contributed by atoms with Crippen LogP contribution in [0.1, 0.15) is 18.7 Å². The molecule has 0 aromatic carbocycles. The SMILES string of the molecule is Nc1nc(CN2CCC(CO)CC2)nc2sccc12. The first-order valence-corrected chi connectivity index (χ1v) is 7.47. The normalized spacial score (nSPS) is 18.2. The second kappa shape index (κ2) is 5.40. The number of thiophene rings is 1. The Morgan fingerprint density at radius 2 is 2.16 bits per heavy atom. The standard InChI is InChI=1S/C13H18N4OS/c14-12-10-3-6-19-13(10)16-11(15-12)7-17-4-1-9(8-18)2-5-17/h3,6,9,18H,1-2,4-5,7-8H2,(H2,14,15,16). The number of anilines is 1. The highest BCUT2D eigenvalue weighted by atomic mass is 32.1. The van der Waals surface area contributed by atoms with Crippen LogP contribution in [-0.2, 0) is 6.54 Å². The number of piperidine rings is 1. The van der Waals surface area contributed by atoms with Gasteiger partial charge in [-0.1, -0.05) is 0 Å². The molecule has 3 N–H and O–H groups in total. The number of hydrogen-bond donors (Lipinski definition) is 2. The lowest BCUT2D eigenvalue weighted by molar-refractivity contribution is 0.125. The van der Waals surface area contributed by atoms with Crippen molar-refractivity contribution >= 4 is 27.4 Å². The lowest BCUT2D eigenvalue weighted by Crippen LogP contribution is -2.34. The minimum absolute atomic E-state index is 0.304. The molecule has 6 heteroatoms. The van der Waals surface area contributed by atoms with E-state index in [2.05, 4.69) is 14.9 Å². The summed E-state index contributed by atoms with van der Waals surface area (Å²) < 4.78 is 0. The smallest absolute Gasteiger partial charge is 0.146 e. The van der Waals surface area contributed by atoms with Gasteiger partial charge < -0.3 is 10.8 Å². The molecule has 1 fully saturated rings. The molecule has 0 aliphatic carbocycles. The Labute approximate surface area is 116 Å². The fraction of sp³-hybridized carbons (Fsp3) is 0.538. The minimum atomic E-state index is 0.304. The van der Waals surface area contributed by atoms with Gasteiger partial charge in [0.15, 0.2) is 0 Å². The predicted octanol–water partition coefficient (Wildman–Crippen LogP) is 1.48. The average molecular weight is 278 g/mol. The topological polar surface area (TPSA) is 75.3 Å². The number of nitrogens with two attached hydrogens (primary N) is 1. The van der Waals surface area contributed by atoms with Crippen molar-refractivity contribution in [1.82, 2.24) is 14.9 Å². The van der Waals surface area contributed by atoms with E-state index in [4.69, 9.17) is 10.8 Å². The lowest BCUT2D eigenvalue weighted by Gasteiger charge is -2.30. The van der Waals surface area contributed by atoms with Crippen molar-refractivity contribution in [3.63, 3.8) is 0 Å². The van der Waals surface area contributed by atoms with Gasteiger partial charge in [0, 0.05) is 6.61 Å². The molecular formula is C13H18N4OS. The first kappa shape index (κ1) is 12.8. The molecule has 1 saturated heterocycles. The molecule has 0 radical (unpaired) electrons. The Kier molecular flexibility index (Phi) is 3.63. The Morgan fingerprint density at radius 3 is 2.89 bits per heavy atom. The molecule has 0 spiro atoms. The summed E-state index contributed by atoms with van der Waals surface area (Å²) in [6.45, 7) is 3.04. The molecular weight excluding hydrogens is 260 g/mol. The summed E-state index contributed by atoms with van der Waals surface area (Å²) in [5, 5.41) is 12.1. The number of aliphatic hydroxyl groups is 1. The number of nitrogens with zero attached hydrogens (tertiary/aromatic N) is 3. The molecule has 0 unspecified atom stereocenters. The number of aromatic nitrogens is 2.